The summed E-state index contributed by atoms with van der Waals surface area (Å²) < 4.78 is 39.9. The molecule has 3 N–H and O–H groups in total. The highest BCUT2D eigenvalue weighted by molar-refractivity contribution is 7.19. The van der Waals surface area contributed by atoms with Gasteiger partial charge in [0, 0.05) is 27.8 Å². The van der Waals surface area contributed by atoms with E-state index in [2.05, 4.69) is 27.4 Å². The van der Waals surface area contributed by atoms with Gasteiger partial charge in [0.05, 0.1) is 22.3 Å². The van der Waals surface area contributed by atoms with Crippen LogP contribution in [0.1, 0.15) is 16.5 Å². The van der Waals surface area contributed by atoms with Gasteiger partial charge in [-0.1, -0.05) is 35.9 Å². The average Bonchev–Trinajstić information content (AvgIpc) is 3.15. The van der Waals surface area contributed by atoms with Crippen molar-refractivity contribution in [2.45, 2.75) is 12.2 Å². The molecule has 154 valence electrons. The second-order valence-electron chi connectivity index (χ2n) is 6.65. The Hall–Kier alpha value is -2.68. The van der Waals surface area contributed by atoms with Gasteiger partial charge in [0.2, 0.25) is 0 Å². The fourth-order valence-electron chi connectivity index (χ4n) is 3.02. The largest absolute Gasteiger partial charge is 0.417 e. The van der Waals surface area contributed by atoms with E-state index >= 15 is 0 Å². The fraction of sp³-hybridized carbons (Fsp3) is 0.143. The Bertz CT molecular complexity index is 1160. The van der Waals surface area contributed by atoms with Crippen molar-refractivity contribution in [1.82, 2.24) is 9.97 Å². The number of benzene rings is 2. The van der Waals surface area contributed by atoms with Crippen molar-refractivity contribution in [3.05, 3.63) is 76.4 Å². The summed E-state index contributed by atoms with van der Waals surface area (Å²) in [6.45, 7) is 0.442. The molecule has 0 saturated carbocycles. The maximum absolute atomic E-state index is 12.9. The predicted molar refractivity (Wildman–Crippen MR) is 115 cm³/mol. The maximum atomic E-state index is 12.9. The van der Waals surface area contributed by atoms with E-state index in [0.29, 0.717) is 23.6 Å². The van der Waals surface area contributed by atoms with Crippen LogP contribution in [-0.2, 0) is 6.18 Å². The van der Waals surface area contributed by atoms with E-state index in [9.17, 15) is 13.2 Å². The summed E-state index contributed by atoms with van der Waals surface area (Å²) in [6, 6.07) is 15.1. The van der Waals surface area contributed by atoms with Gasteiger partial charge in [-0.15, -0.1) is 11.3 Å². The van der Waals surface area contributed by atoms with Crippen molar-refractivity contribution in [1.29, 1.82) is 0 Å². The quantitative estimate of drug-likeness (QED) is 0.385. The zero-order valence-corrected chi connectivity index (χ0v) is 17.0. The van der Waals surface area contributed by atoms with Gasteiger partial charge in [-0.25, -0.2) is 9.97 Å². The van der Waals surface area contributed by atoms with Crippen molar-refractivity contribution in [3.63, 3.8) is 0 Å². The Morgan fingerprint density at radius 3 is 2.60 bits per heavy atom. The SMILES string of the molecule is N[C@H](CNc1cc(-c2ccc(C(F)(F)F)c(Cl)c2)ncn1)c1cc2ccccc2s1. The summed E-state index contributed by atoms with van der Waals surface area (Å²) >= 11 is 7.45. The molecular weight excluding hydrogens is 433 g/mol. The van der Waals surface area contributed by atoms with Crippen molar-refractivity contribution < 1.29 is 13.2 Å². The number of fused-ring (bicyclic) bond motifs is 1. The molecule has 2 aromatic heterocycles. The van der Waals surface area contributed by atoms with Gasteiger partial charge in [0.1, 0.15) is 12.1 Å². The van der Waals surface area contributed by atoms with Crippen LogP contribution in [0.25, 0.3) is 21.3 Å². The van der Waals surface area contributed by atoms with E-state index in [0.717, 1.165) is 16.3 Å². The first kappa shape index (κ1) is 20.6. The van der Waals surface area contributed by atoms with Crippen LogP contribution in [-0.4, -0.2) is 16.5 Å². The highest BCUT2D eigenvalue weighted by Gasteiger charge is 2.33. The van der Waals surface area contributed by atoms with Crippen LogP contribution in [0.15, 0.2) is 60.9 Å². The second kappa shape index (κ2) is 8.22. The van der Waals surface area contributed by atoms with Crippen molar-refractivity contribution in [2.24, 2.45) is 5.73 Å². The Kier molecular flexibility index (Phi) is 5.64. The Morgan fingerprint density at radius 1 is 1.07 bits per heavy atom. The lowest BCUT2D eigenvalue weighted by Crippen LogP contribution is -2.20. The number of thiophene rings is 1. The minimum absolute atomic E-state index is 0.235. The molecule has 0 aliphatic carbocycles. The lowest BCUT2D eigenvalue weighted by atomic mass is 10.1. The number of halogens is 4. The number of rotatable bonds is 5. The zero-order valence-electron chi connectivity index (χ0n) is 15.4. The highest BCUT2D eigenvalue weighted by Crippen LogP contribution is 2.36. The molecule has 0 bridgehead atoms. The number of hydrogen-bond donors (Lipinski definition) is 2. The Morgan fingerprint density at radius 2 is 1.87 bits per heavy atom. The summed E-state index contributed by atoms with van der Waals surface area (Å²) in [7, 11) is 0. The molecule has 0 fully saturated rings. The molecule has 4 aromatic rings. The van der Waals surface area contributed by atoms with Crippen molar-refractivity contribution in [3.8, 4) is 11.3 Å². The van der Waals surface area contributed by atoms with Crippen LogP contribution in [0.4, 0.5) is 19.0 Å². The first-order chi connectivity index (χ1) is 14.3. The molecule has 0 aliphatic heterocycles. The van der Waals surface area contributed by atoms with Crippen LogP contribution in [0.5, 0.6) is 0 Å². The first-order valence-electron chi connectivity index (χ1n) is 8.98. The lowest BCUT2D eigenvalue weighted by molar-refractivity contribution is -0.137. The normalized spacial score (nSPS) is 12.8. The van der Waals surface area contributed by atoms with Gasteiger partial charge in [-0.05, 0) is 29.7 Å². The molecule has 4 rings (SSSR count). The first-order valence-corrected chi connectivity index (χ1v) is 10.2. The van der Waals surface area contributed by atoms with Gasteiger partial charge in [-0.2, -0.15) is 13.2 Å². The van der Waals surface area contributed by atoms with Crippen LogP contribution >= 0.6 is 22.9 Å². The zero-order chi connectivity index (χ0) is 21.3. The molecule has 0 aliphatic rings. The molecular formula is C21H16ClF3N4S. The molecule has 1 atom stereocenters. The van der Waals surface area contributed by atoms with Gasteiger partial charge >= 0.3 is 6.18 Å². The Labute approximate surface area is 179 Å². The van der Waals surface area contributed by atoms with Crippen LogP contribution in [0.2, 0.25) is 5.02 Å². The van der Waals surface area contributed by atoms with Gasteiger partial charge in [0.25, 0.3) is 0 Å². The molecule has 30 heavy (non-hydrogen) atoms. The van der Waals surface area contributed by atoms with E-state index in [1.807, 2.05) is 18.2 Å². The third-order valence-corrected chi connectivity index (χ3v) is 6.11. The number of nitrogens with two attached hydrogens (primary N) is 1. The molecule has 0 amide bonds. The standard InChI is InChI=1S/C21H16ClF3N4S/c22-15-7-12(5-6-14(15)21(23,24)25)17-9-20(29-11-28-17)27-10-16(26)19-8-13-3-1-2-4-18(13)30-19/h1-9,11,16H,10,26H2,(H,27,28,29)/t16-/m1/s1. The second-order valence-corrected chi connectivity index (χ2v) is 8.18. The third-order valence-electron chi connectivity index (χ3n) is 4.55. The molecule has 2 aromatic carbocycles. The monoisotopic (exact) mass is 448 g/mol. The summed E-state index contributed by atoms with van der Waals surface area (Å²) in [5.74, 6) is 0.521. The number of alkyl halides is 3. The number of nitrogens with zero attached hydrogens (tertiary/aromatic N) is 2. The van der Waals surface area contributed by atoms with E-state index in [1.165, 1.54) is 23.2 Å². The summed E-state index contributed by atoms with van der Waals surface area (Å²) in [5, 5.41) is 3.94. The summed E-state index contributed by atoms with van der Waals surface area (Å²) in [6.07, 6.45) is -3.16. The molecule has 0 radical (unpaired) electrons. The van der Waals surface area contributed by atoms with Crippen LogP contribution in [0.3, 0.4) is 0 Å². The van der Waals surface area contributed by atoms with Gasteiger partial charge in [-0.3, -0.25) is 0 Å². The number of anilines is 1. The maximum Gasteiger partial charge on any atom is 0.417 e. The number of nitrogens with one attached hydrogen (secondary N) is 1. The van der Waals surface area contributed by atoms with E-state index in [-0.39, 0.29) is 11.1 Å². The third kappa shape index (κ3) is 4.40. The molecule has 9 heteroatoms. The number of hydrogen-bond acceptors (Lipinski definition) is 5. The smallest absolute Gasteiger partial charge is 0.368 e. The molecule has 2 heterocycles. The number of aromatic nitrogens is 2. The van der Waals surface area contributed by atoms with Gasteiger partial charge in [0.15, 0.2) is 0 Å². The Balaban J connectivity index is 1.49. The summed E-state index contributed by atoms with van der Waals surface area (Å²) in [4.78, 5) is 9.35. The average molecular weight is 449 g/mol. The summed E-state index contributed by atoms with van der Waals surface area (Å²) in [5.41, 5.74) is 6.36. The minimum Gasteiger partial charge on any atom is -0.368 e. The minimum atomic E-state index is -4.50. The highest BCUT2D eigenvalue weighted by atomic mass is 35.5. The van der Waals surface area contributed by atoms with Crippen molar-refractivity contribution in [2.75, 3.05) is 11.9 Å². The van der Waals surface area contributed by atoms with Gasteiger partial charge < -0.3 is 11.1 Å². The molecule has 0 unspecified atom stereocenters. The van der Waals surface area contributed by atoms with E-state index < -0.39 is 11.7 Å². The molecule has 0 saturated heterocycles. The van der Waals surface area contributed by atoms with E-state index in [4.69, 9.17) is 17.3 Å². The van der Waals surface area contributed by atoms with E-state index in [1.54, 1.807) is 17.4 Å². The fourth-order valence-corrected chi connectivity index (χ4v) is 4.37. The topological polar surface area (TPSA) is 63.8 Å². The predicted octanol–water partition coefficient (Wildman–Crippen LogP) is 6.14. The van der Waals surface area contributed by atoms with Crippen molar-refractivity contribution >= 4 is 38.8 Å². The molecule has 0 spiro atoms. The van der Waals surface area contributed by atoms with Crippen LogP contribution < -0.4 is 11.1 Å². The van der Waals surface area contributed by atoms with Crippen LogP contribution in [0, 0.1) is 0 Å². The molecule has 4 nitrogen and oxygen atoms in total. The lowest BCUT2D eigenvalue weighted by Gasteiger charge is -2.13.